The summed E-state index contributed by atoms with van der Waals surface area (Å²) in [6.45, 7) is 1.78. The molecule has 3 aromatic carbocycles. The maximum Gasteiger partial charge on any atom is 0.261 e. The van der Waals surface area contributed by atoms with Gasteiger partial charge in [-0.1, -0.05) is 41.9 Å². The smallest absolute Gasteiger partial charge is 0.261 e. The summed E-state index contributed by atoms with van der Waals surface area (Å²) in [5, 5.41) is 14.2. The topological polar surface area (TPSA) is 107 Å². The predicted molar refractivity (Wildman–Crippen MR) is 151 cm³/mol. The summed E-state index contributed by atoms with van der Waals surface area (Å²) in [6.07, 6.45) is 1.48. The number of amides is 2. The van der Waals surface area contributed by atoms with Gasteiger partial charge in [0.1, 0.15) is 17.4 Å². The van der Waals surface area contributed by atoms with Gasteiger partial charge in [-0.2, -0.15) is 5.10 Å². The van der Waals surface area contributed by atoms with Crippen LogP contribution in [0.3, 0.4) is 0 Å². The molecule has 0 fully saturated rings. The Labute approximate surface area is 230 Å². The van der Waals surface area contributed by atoms with Crippen LogP contribution in [0.1, 0.15) is 28.9 Å². The van der Waals surface area contributed by atoms with E-state index >= 15 is 0 Å². The predicted octanol–water partition coefficient (Wildman–Crippen LogP) is 5.73. The molecule has 3 N–H and O–H groups in total. The number of anilines is 3. The number of methoxy groups -OCH3 is 2. The fourth-order valence-electron chi connectivity index (χ4n) is 4.58. The second kappa shape index (κ2) is 10.9. The zero-order valence-corrected chi connectivity index (χ0v) is 22.2. The van der Waals surface area contributed by atoms with E-state index in [1.807, 2.05) is 30.3 Å². The van der Waals surface area contributed by atoms with E-state index in [1.165, 1.54) is 13.3 Å². The number of allylic oxidation sites excluding steroid dienone is 1. The van der Waals surface area contributed by atoms with Crippen LogP contribution in [0.15, 0.2) is 90.3 Å². The number of nitrogens with zero attached hydrogens (tertiary/aromatic N) is 2. The molecule has 1 aliphatic rings. The zero-order valence-electron chi connectivity index (χ0n) is 21.5. The number of halogens is 1. The first kappa shape index (κ1) is 25.9. The second-order valence-corrected chi connectivity index (χ2v) is 9.22. The maximum atomic E-state index is 13.8. The Morgan fingerprint density at radius 1 is 0.897 bits per heavy atom. The second-order valence-electron chi connectivity index (χ2n) is 8.78. The summed E-state index contributed by atoms with van der Waals surface area (Å²) in [6, 6.07) is 20.7. The molecule has 39 heavy (non-hydrogen) atoms. The van der Waals surface area contributed by atoms with Crippen molar-refractivity contribution < 1.29 is 19.1 Å². The van der Waals surface area contributed by atoms with E-state index in [2.05, 4.69) is 21.0 Å². The molecule has 0 bridgehead atoms. The van der Waals surface area contributed by atoms with Crippen molar-refractivity contribution in [1.82, 2.24) is 9.78 Å². The largest absolute Gasteiger partial charge is 0.493 e. The van der Waals surface area contributed by atoms with Crippen LogP contribution in [-0.2, 0) is 4.79 Å². The first-order chi connectivity index (χ1) is 18.9. The van der Waals surface area contributed by atoms with Crippen LogP contribution in [0.25, 0.3) is 0 Å². The van der Waals surface area contributed by atoms with Gasteiger partial charge in [0.05, 0.1) is 26.0 Å². The fourth-order valence-corrected chi connectivity index (χ4v) is 4.71. The van der Waals surface area contributed by atoms with Crippen molar-refractivity contribution >= 4 is 40.6 Å². The number of benzene rings is 3. The lowest BCUT2D eigenvalue weighted by Gasteiger charge is -2.31. The molecule has 9 nitrogen and oxygen atoms in total. The number of para-hydroxylation sites is 2. The summed E-state index contributed by atoms with van der Waals surface area (Å²) in [4.78, 5) is 27.0. The van der Waals surface area contributed by atoms with Crippen molar-refractivity contribution in [3.8, 4) is 11.5 Å². The molecule has 0 aliphatic carbocycles. The van der Waals surface area contributed by atoms with Crippen molar-refractivity contribution in [3.05, 3.63) is 106 Å². The van der Waals surface area contributed by atoms with Gasteiger partial charge < -0.3 is 25.4 Å². The number of hydrogen-bond donors (Lipinski definition) is 3. The Balaban J connectivity index is 1.61. The number of nitrogens with one attached hydrogen (secondary N) is 3. The first-order valence-corrected chi connectivity index (χ1v) is 12.5. The zero-order chi connectivity index (χ0) is 27.5. The standard InChI is InChI=1S/C29H26ClN5O4/c1-17-24(29(37)34-20-14-12-18(30)13-15-20)25(21-10-7-11-23(38-2)26(21)39-3)35-27(32-17)22(16-31-35)28(36)33-19-8-5-4-6-9-19/h4-16,25,32H,1-3H3,(H,33,36)(H,34,37)/t25-/m0/s1. The van der Waals surface area contributed by atoms with E-state index in [0.29, 0.717) is 56.1 Å². The molecule has 0 saturated carbocycles. The maximum absolute atomic E-state index is 13.8. The molecule has 5 rings (SSSR count). The van der Waals surface area contributed by atoms with Crippen LogP contribution in [0.4, 0.5) is 17.2 Å². The average Bonchev–Trinajstić information content (AvgIpc) is 3.37. The monoisotopic (exact) mass is 543 g/mol. The van der Waals surface area contributed by atoms with Gasteiger partial charge in [-0.15, -0.1) is 0 Å². The number of aromatic nitrogens is 2. The normalized spacial score (nSPS) is 14.2. The van der Waals surface area contributed by atoms with E-state index in [-0.39, 0.29) is 11.8 Å². The summed E-state index contributed by atoms with van der Waals surface area (Å²) in [7, 11) is 3.08. The molecular formula is C29H26ClN5O4. The quantitative estimate of drug-likeness (QED) is 0.275. The van der Waals surface area contributed by atoms with Gasteiger partial charge in [-0.3, -0.25) is 9.59 Å². The van der Waals surface area contributed by atoms with Crippen molar-refractivity contribution in [2.24, 2.45) is 0 Å². The molecule has 0 unspecified atom stereocenters. The van der Waals surface area contributed by atoms with Gasteiger partial charge >= 0.3 is 0 Å². The molecule has 2 amide bonds. The molecule has 198 valence electrons. The SMILES string of the molecule is COc1cccc([C@H]2C(C(=O)Nc3ccc(Cl)cc3)=C(C)Nc3c(C(=O)Nc4ccccc4)cnn32)c1OC. The Morgan fingerprint density at radius 2 is 1.59 bits per heavy atom. The third-order valence-electron chi connectivity index (χ3n) is 6.37. The number of hydrogen-bond acceptors (Lipinski definition) is 6. The van der Waals surface area contributed by atoms with Crippen LogP contribution in [0, 0.1) is 0 Å². The molecule has 1 aromatic heterocycles. The lowest BCUT2D eigenvalue weighted by Crippen LogP contribution is -2.32. The molecule has 0 radical (unpaired) electrons. The third kappa shape index (κ3) is 5.04. The molecule has 1 aliphatic heterocycles. The molecular weight excluding hydrogens is 518 g/mol. The van der Waals surface area contributed by atoms with Crippen molar-refractivity contribution in [2.75, 3.05) is 30.2 Å². The number of ether oxygens (including phenoxy) is 2. The van der Waals surface area contributed by atoms with Gasteiger partial charge in [-0.05, 0) is 49.4 Å². The first-order valence-electron chi connectivity index (χ1n) is 12.1. The molecule has 2 heterocycles. The van der Waals surface area contributed by atoms with Crippen LogP contribution >= 0.6 is 11.6 Å². The van der Waals surface area contributed by atoms with Crippen LogP contribution < -0.4 is 25.4 Å². The van der Waals surface area contributed by atoms with Gasteiger partial charge in [0.25, 0.3) is 11.8 Å². The Morgan fingerprint density at radius 3 is 2.28 bits per heavy atom. The number of carbonyl (C=O) groups excluding carboxylic acids is 2. The highest BCUT2D eigenvalue weighted by atomic mass is 35.5. The Hall–Kier alpha value is -4.76. The van der Waals surface area contributed by atoms with Crippen molar-refractivity contribution in [2.45, 2.75) is 13.0 Å². The number of rotatable bonds is 7. The van der Waals surface area contributed by atoms with Gasteiger partial charge in [0, 0.05) is 27.7 Å². The minimum absolute atomic E-state index is 0.322. The Bertz CT molecular complexity index is 1560. The van der Waals surface area contributed by atoms with Gasteiger partial charge in [0.2, 0.25) is 0 Å². The molecule has 4 aromatic rings. The Kier molecular flexibility index (Phi) is 7.25. The van der Waals surface area contributed by atoms with E-state index in [9.17, 15) is 9.59 Å². The minimum Gasteiger partial charge on any atom is -0.493 e. The van der Waals surface area contributed by atoms with Crippen LogP contribution in [-0.4, -0.2) is 35.8 Å². The van der Waals surface area contributed by atoms with Crippen molar-refractivity contribution in [3.63, 3.8) is 0 Å². The van der Waals surface area contributed by atoms with Crippen LogP contribution in [0.5, 0.6) is 11.5 Å². The summed E-state index contributed by atoms with van der Waals surface area (Å²) < 4.78 is 12.9. The number of carbonyl (C=O) groups is 2. The van der Waals surface area contributed by atoms with Crippen molar-refractivity contribution in [1.29, 1.82) is 0 Å². The van der Waals surface area contributed by atoms with E-state index in [4.69, 9.17) is 21.1 Å². The fraction of sp³-hybridized carbons (Fsp3) is 0.138. The van der Waals surface area contributed by atoms with E-state index < -0.39 is 6.04 Å². The number of fused-ring (bicyclic) bond motifs is 1. The summed E-state index contributed by atoms with van der Waals surface area (Å²) in [5.74, 6) is 0.702. The third-order valence-corrected chi connectivity index (χ3v) is 6.63. The van der Waals surface area contributed by atoms with Crippen LogP contribution in [0.2, 0.25) is 5.02 Å². The lowest BCUT2D eigenvalue weighted by atomic mass is 9.93. The minimum atomic E-state index is -0.739. The van der Waals surface area contributed by atoms with Gasteiger partial charge in [0.15, 0.2) is 11.5 Å². The van der Waals surface area contributed by atoms with E-state index in [1.54, 1.807) is 61.2 Å². The molecule has 1 atom stereocenters. The average molecular weight is 544 g/mol. The molecule has 10 heteroatoms. The van der Waals surface area contributed by atoms with E-state index in [0.717, 1.165) is 0 Å². The highest BCUT2D eigenvalue weighted by Gasteiger charge is 2.37. The molecule has 0 saturated heterocycles. The highest BCUT2D eigenvalue weighted by Crippen LogP contribution is 2.44. The lowest BCUT2D eigenvalue weighted by molar-refractivity contribution is -0.113. The highest BCUT2D eigenvalue weighted by molar-refractivity contribution is 6.30. The summed E-state index contributed by atoms with van der Waals surface area (Å²) >= 11 is 6.02. The summed E-state index contributed by atoms with van der Waals surface area (Å²) in [5.41, 5.74) is 3.13. The molecule has 0 spiro atoms. The van der Waals surface area contributed by atoms with Gasteiger partial charge in [-0.25, -0.2) is 4.68 Å².